The van der Waals surface area contributed by atoms with Crippen molar-refractivity contribution in [2.45, 2.75) is 53.4 Å². The Bertz CT molecular complexity index is 1530. The molecule has 6 heteroatoms. The van der Waals surface area contributed by atoms with Gasteiger partial charge in [-0.2, -0.15) is 0 Å². The molecule has 0 radical (unpaired) electrons. The molecule has 202 valence electrons. The fraction of sp³-hybridized carbons (Fsp3) is 0.265. The molecule has 0 spiro atoms. The summed E-state index contributed by atoms with van der Waals surface area (Å²) in [5, 5.41) is 38.1. The number of benzene rings is 4. The summed E-state index contributed by atoms with van der Waals surface area (Å²) < 4.78 is 13.3. The van der Waals surface area contributed by atoms with Crippen molar-refractivity contribution >= 4 is 5.97 Å². The Labute approximate surface area is 232 Å². The van der Waals surface area contributed by atoms with Gasteiger partial charge < -0.3 is 24.8 Å². The Morgan fingerprint density at radius 2 is 1.25 bits per heavy atom. The van der Waals surface area contributed by atoms with E-state index in [0.29, 0.717) is 5.56 Å². The lowest BCUT2D eigenvalue weighted by molar-refractivity contribution is -0.292. The van der Waals surface area contributed by atoms with Crippen LogP contribution < -0.4 is 0 Å². The smallest absolute Gasteiger partial charge is 0.342 e. The molecule has 2 aliphatic heterocycles. The first-order valence-electron chi connectivity index (χ1n) is 13.6. The van der Waals surface area contributed by atoms with Crippen LogP contribution in [0.5, 0.6) is 0 Å². The average molecular weight is 535 g/mol. The van der Waals surface area contributed by atoms with Gasteiger partial charge in [0, 0.05) is 12.3 Å². The number of esters is 1. The van der Waals surface area contributed by atoms with Crippen LogP contribution in [0.25, 0.3) is 0 Å². The molecular formula is C34H30O6. The van der Waals surface area contributed by atoms with Crippen LogP contribution in [0.4, 0.5) is 0 Å². The SMILES string of the molecule is O=C1O[C@]23[C@@H](c4ccccc4)C[C@H](O)[C@](O)(c4ccccc4)[C@]2(O)[C@@]1(Cc1ccccc1)O[C@@H]3c1ccccc1. The molecule has 0 amide bonds. The number of aliphatic hydroxyl groups excluding tert-OH is 1. The zero-order chi connectivity index (χ0) is 27.6. The standard InChI is InChI=1S/C34H30O6/c35-28-21-27(24-15-7-2-8-16-24)33-29(25-17-9-3-10-18-25)39-31(30(36)40-33,22-23-13-5-1-6-14-23)34(33,38)32(28,37)26-19-11-4-12-20-26/h1-20,27-29,35,37-38H,21-22H2/t27-,28+,29-,31+,32-,33+,34-/m1/s1. The summed E-state index contributed by atoms with van der Waals surface area (Å²) in [6.07, 6.45) is -2.40. The number of carbonyl (C=O) groups is 1. The van der Waals surface area contributed by atoms with Gasteiger partial charge in [0.15, 0.2) is 16.8 Å². The number of hydrogen-bond donors (Lipinski definition) is 3. The van der Waals surface area contributed by atoms with Crippen molar-refractivity contribution in [3.8, 4) is 0 Å². The fourth-order valence-corrected chi connectivity index (χ4v) is 7.59. The van der Waals surface area contributed by atoms with Crippen molar-refractivity contribution in [1.82, 2.24) is 0 Å². The first kappa shape index (κ1) is 25.2. The maximum Gasteiger partial charge on any atom is 0.342 e. The van der Waals surface area contributed by atoms with Gasteiger partial charge in [-0.05, 0) is 28.7 Å². The Morgan fingerprint density at radius 1 is 0.725 bits per heavy atom. The van der Waals surface area contributed by atoms with E-state index in [0.717, 1.165) is 11.1 Å². The number of hydrogen-bond acceptors (Lipinski definition) is 6. The molecule has 3 fully saturated rings. The van der Waals surface area contributed by atoms with Crippen molar-refractivity contribution in [2.24, 2.45) is 0 Å². The predicted octanol–water partition coefficient (Wildman–Crippen LogP) is 4.20. The predicted molar refractivity (Wildman–Crippen MR) is 147 cm³/mol. The maximum atomic E-state index is 14.2. The lowest BCUT2D eigenvalue weighted by atomic mass is 9.50. The summed E-state index contributed by atoms with van der Waals surface area (Å²) in [5.74, 6) is -1.44. The van der Waals surface area contributed by atoms with Crippen molar-refractivity contribution < 1.29 is 29.6 Å². The van der Waals surface area contributed by atoms with Gasteiger partial charge in [0.1, 0.15) is 6.10 Å². The van der Waals surface area contributed by atoms with Crippen LogP contribution in [0.3, 0.4) is 0 Å². The van der Waals surface area contributed by atoms with Gasteiger partial charge in [-0.3, -0.25) is 0 Å². The van der Waals surface area contributed by atoms with Gasteiger partial charge in [0.25, 0.3) is 0 Å². The Balaban J connectivity index is 1.57. The van der Waals surface area contributed by atoms with E-state index in [-0.39, 0.29) is 18.4 Å². The van der Waals surface area contributed by atoms with Gasteiger partial charge in [-0.1, -0.05) is 121 Å². The number of carbonyl (C=O) groups excluding carboxylic acids is 1. The first-order chi connectivity index (χ1) is 19.4. The van der Waals surface area contributed by atoms with E-state index in [1.807, 2.05) is 91.0 Å². The zero-order valence-corrected chi connectivity index (χ0v) is 21.8. The van der Waals surface area contributed by atoms with E-state index in [1.54, 1.807) is 30.3 Å². The van der Waals surface area contributed by atoms with Crippen molar-refractivity contribution in [3.05, 3.63) is 144 Å². The van der Waals surface area contributed by atoms with Gasteiger partial charge in [0.05, 0.1) is 6.10 Å². The molecule has 4 aromatic carbocycles. The van der Waals surface area contributed by atoms with E-state index in [9.17, 15) is 20.1 Å². The van der Waals surface area contributed by atoms with Crippen LogP contribution >= 0.6 is 0 Å². The molecule has 4 aromatic rings. The summed E-state index contributed by atoms with van der Waals surface area (Å²) in [4.78, 5) is 14.2. The Morgan fingerprint density at radius 3 is 1.85 bits per heavy atom. The second-order valence-corrected chi connectivity index (χ2v) is 11.1. The van der Waals surface area contributed by atoms with E-state index < -0.39 is 46.5 Å². The molecule has 2 heterocycles. The summed E-state index contributed by atoms with van der Waals surface area (Å²) in [7, 11) is 0. The van der Waals surface area contributed by atoms with Gasteiger partial charge >= 0.3 is 5.97 Å². The van der Waals surface area contributed by atoms with Crippen LogP contribution in [-0.2, 0) is 26.3 Å². The number of aliphatic hydroxyl groups is 3. The number of ether oxygens (including phenoxy) is 2. The summed E-state index contributed by atoms with van der Waals surface area (Å²) in [6.45, 7) is 0. The van der Waals surface area contributed by atoms with Gasteiger partial charge in [-0.25, -0.2) is 4.79 Å². The molecule has 1 aliphatic carbocycles. The molecule has 2 bridgehead atoms. The van der Waals surface area contributed by atoms with Crippen molar-refractivity contribution in [2.75, 3.05) is 0 Å². The largest absolute Gasteiger partial charge is 0.450 e. The van der Waals surface area contributed by atoms with E-state index in [4.69, 9.17) is 9.47 Å². The molecular weight excluding hydrogens is 504 g/mol. The first-order valence-corrected chi connectivity index (χ1v) is 13.6. The second-order valence-electron chi connectivity index (χ2n) is 11.1. The molecule has 3 N–H and O–H groups in total. The van der Waals surface area contributed by atoms with E-state index in [1.165, 1.54) is 0 Å². The van der Waals surface area contributed by atoms with Crippen LogP contribution in [0.1, 0.15) is 40.7 Å². The third kappa shape index (κ3) is 2.99. The molecule has 2 saturated heterocycles. The zero-order valence-electron chi connectivity index (χ0n) is 21.8. The lowest BCUT2D eigenvalue weighted by Gasteiger charge is -2.58. The second kappa shape index (κ2) is 8.85. The van der Waals surface area contributed by atoms with Crippen LogP contribution in [0.15, 0.2) is 121 Å². The molecule has 0 aromatic heterocycles. The minimum absolute atomic E-state index is 0.0269. The highest BCUT2D eigenvalue weighted by molar-refractivity contribution is 5.89. The highest BCUT2D eigenvalue weighted by Gasteiger charge is 2.93. The van der Waals surface area contributed by atoms with E-state index >= 15 is 0 Å². The highest BCUT2D eigenvalue weighted by Crippen LogP contribution is 2.74. The van der Waals surface area contributed by atoms with Crippen LogP contribution in [0, 0.1) is 0 Å². The Hall–Kier alpha value is -3.81. The summed E-state index contributed by atoms with van der Waals surface area (Å²) in [6, 6.07) is 36.6. The highest BCUT2D eigenvalue weighted by atomic mass is 16.7. The summed E-state index contributed by atoms with van der Waals surface area (Å²) in [5.41, 5.74) is -5.98. The molecule has 0 unspecified atom stereocenters. The quantitative estimate of drug-likeness (QED) is 0.332. The Kier molecular flexibility index (Phi) is 5.57. The van der Waals surface area contributed by atoms with Gasteiger partial charge in [0.2, 0.25) is 5.60 Å². The molecule has 40 heavy (non-hydrogen) atoms. The number of rotatable bonds is 5. The van der Waals surface area contributed by atoms with Crippen LogP contribution in [0.2, 0.25) is 0 Å². The molecule has 7 atom stereocenters. The minimum atomic E-state index is -2.39. The third-order valence-corrected chi connectivity index (χ3v) is 9.27. The van der Waals surface area contributed by atoms with E-state index in [2.05, 4.69) is 0 Å². The fourth-order valence-electron chi connectivity index (χ4n) is 7.59. The lowest BCUT2D eigenvalue weighted by Crippen LogP contribution is -2.77. The molecule has 7 rings (SSSR count). The van der Waals surface area contributed by atoms with Crippen molar-refractivity contribution in [3.63, 3.8) is 0 Å². The average Bonchev–Trinajstić information content (AvgIpc) is 3.34. The van der Waals surface area contributed by atoms with Crippen LogP contribution in [-0.4, -0.2) is 44.2 Å². The third-order valence-electron chi connectivity index (χ3n) is 9.27. The topological polar surface area (TPSA) is 96.2 Å². The summed E-state index contributed by atoms with van der Waals surface area (Å²) >= 11 is 0. The maximum absolute atomic E-state index is 14.2. The van der Waals surface area contributed by atoms with Crippen molar-refractivity contribution in [1.29, 1.82) is 0 Å². The monoisotopic (exact) mass is 534 g/mol. The molecule has 1 saturated carbocycles. The van der Waals surface area contributed by atoms with Gasteiger partial charge in [-0.15, -0.1) is 0 Å². The molecule has 6 nitrogen and oxygen atoms in total. The molecule has 3 aliphatic rings. The minimum Gasteiger partial charge on any atom is -0.450 e. The normalized spacial score (nSPS) is 36.2.